The van der Waals surface area contributed by atoms with Gasteiger partial charge in [-0.15, -0.1) is 0 Å². The third kappa shape index (κ3) is 5.08. The van der Waals surface area contributed by atoms with E-state index in [9.17, 15) is 4.79 Å². The van der Waals surface area contributed by atoms with Gasteiger partial charge in [-0.2, -0.15) is 0 Å². The molecule has 0 radical (unpaired) electrons. The van der Waals surface area contributed by atoms with Crippen molar-refractivity contribution in [2.75, 3.05) is 18.2 Å². The number of fused-ring (bicyclic) bond motifs is 1. The fraction of sp³-hybridized carbons (Fsp3) is 0.192. The predicted molar refractivity (Wildman–Crippen MR) is 131 cm³/mol. The highest BCUT2D eigenvalue weighted by Crippen LogP contribution is 2.28. The van der Waals surface area contributed by atoms with Gasteiger partial charge in [0.15, 0.2) is 0 Å². The van der Waals surface area contributed by atoms with Crippen molar-refractivity contribution in [2.45, 2.75) is 24.8 Å². The number of hydrogen-bond donors (Lipinski definition) is 1. The maximum atomic E-state index is 12.7. The Hall–Kier alpha value is -3.38. The van der Waals surface area contributed by atoms with Crippen LogP contribution in [0, 0.1) is 0 Å². The summed E-state index contributed by atoms with van der Waals surface area (Å²) in [6.45, 7) is 2.08. The van der Waals surface area contributed by atoms with E-state index in [0.717, 1.165) is 50.7 Å². The van der Waals surface area contributed by atoms with Gasteiger partial charge in [-0.25, -0.2) is 9.97 Å². The zero-order valence-electron chi connectivity index (χ0n) is 18.2. The van der Waals surface area contributed by atoms with Gasteiger partial charge < -0.3 is 10.1 Å². The Labute approximate surface area is 192 Å². The van der Waals surface area contributed by atoms with Crippen LogP contribution in [-0.4, -0.2) is 28.7 Å². The maximum Gasteiger partial charge on any atom is 0.234 e. The van der Waals surface area contributed by atoms with Gasteiger partial charge >= 0.3 is 0 Å². The molecular weight excluding hydrogens is 418 g/mol. The van der Waals surface area contributed by atoms with Crippen LogP contribution >= 0.6 is 11.8 Å². The SMILES string of the molecule is CCc1ccccc1NC(=O)CSc1nc2ccccc2nc1Cc1ccccc1OC. The van der Waals surface area contributed by atoms with E-state index in [0.29, 0.717) is 6.42 Å². The topological polar surface area (TPSA) is 64.1 Å². The number of methoxy groups -OCH3 is 1. The minimum absolute atomic E-state index is 0.0610. The van der Waals surface area contributed by atoms with Gasteiger partial charge in [-0.3, -0.25) is 4.79 Å². The van der Waals surface area contributed by atoms with Gasteiger partial charge in [0.2, 0.25) is 5.91 Å². The monoisotopic (exact) mass is 443 g/mol. The van der Waals surface area contributed by atoms with Gasteiger partial charge in [0, 0.05) is 17.7 Å². The molecule has 3 aromatic carbocycles. The van der Waals surface area contributed by atoms with Crippen molar-refractivity contribution in [3.8, 4) is 5.75 Å². The summed E-state index contributed by atoms with van der Waals surface area (Å²) in [7, 11) is 1.67. The Morgan fingerprint density at radius 2 is 1.56 bits per heavy atom. The van der Waals surface area contributed by atoms with Crippen LogP contribution in [-0.2, 0) is 17.6 Å². The molecule has 4 aromatic rings. The van der Waals surface area contributed by atoms with E-state index in [4.69, 9.17) is 14.7 Å². The molecule has 1 aromatic heterocycles. The van der Waals surface area contributed by atoms with Crippen LogP contribution in [0.25, 0.3) is 11.0 Å². The Balaban J connectivity index is 1.58. The number of para-hydroxylation sites is 4. The number of nitrogens with zero attached hydrogens (tertiary/aromatic N) is 2. The lowest BCUT2D eigenvalue weighted by atomic mass is 10.1. The first-order valence-corrected chi connectivity index (χ1v) is 11.5. The number of aromatic nitrogens is 2. The first-order valence-electron chi connectivity index (χ1n) is 10.6. The number of nitrogens with one attached hydrogen (secondary N) is 1. The molecule has 0 aliphatic heterocycles. The van der Waals surface area contributed by atoms with Gasteiger partial charge in [0.25, 0.3) is 0 Å². The third-order valence-electron chi connectivity index (χ3n) is 5.17. The number of carbonyl (C=O) groups is 1. The standard InChI is InChI=1S/C26H25N3O2S/c1-3-18-10-4-6-12-20(18)28-25(30)17-32-26-23(16-19-11-5-9-15-24(19)31-2)27-21-13-7-8-14-22(21)29-26/h4-15H,3,16-17H2,1-2H3,(H,28,30). The van der Waals surface area contributed by atoms with Crippen molar-refractivity contribution < 1.29 is 9.53 Å². The molecule has 0 aliphatic carbocycles. The molecule has 0 aliphatic rings. The number of aryl methyl sites for hydroxylation is 1. The maximum absolute atomic E-state index is 12.7. The van der Waals surface area contributed by atoms with Crippen LogP contribution in [0.2, 0.25) is 0 Å². The summed E-state index contributed by atoms with van der Waals surface area (Å²) < 4.78 is 5.51. The number of carbonyl (C=O) groups excluding carboxylic acids is 1. The lowest BCUT2D eigenvalue weighted by molar-refractivity contribution is -0.113. The molecule has 4 rings (SSSR count). The Morgan fingerprint density at radius 3 is 2.31 bits per heavy atom. The van der Waals surface area contributed by atoms with Gasteiger partial charge in [-0.1, -0.05) is 67.2 Å². The number of rotatable bonds is 8. The Bertz CT molecular complexity index is 1240. The third-order valence-corrected chi connectivity index (χ3v) is 6.18. The second-order valence-electron chi connectivity index (χ2n) is 7.30. The number of thioether (sulfide) groups is 1. The highest BCUT2D eigenvalue weighted by Gasteiger charge is 2.15. The van der Waals surface area contributed by atoms with E-state index in [1.54, 1.807) is 7.11 Å². The summed E-state index contributed by atoms with van der Waals surface area (Å²) in [6.07, 6.45) is 1.44. The Morgan fingerprint density at radius 1 is 0.906 bits per heavy atom. The summed E-state index contributed by atoms with van der Waals surface area (Å²) in [5, 5.41) is 3.79. The fourth-order valence-corrected chi connectivity index (χ4v) is 4.34. The van der Waals surface area contributed by atoms with Crippen LogP contribution in [0.4, 0.5) is 5.69 Å². The van der Waals surface area contributed by atoms with E-state index < -0.39 is 0 Å². The van der Waals surface area contributed by atoms with E-state index in [1.165, 1.54) is 11.8 Å². The number of amides is 1. The van der Waals surface area contributed by atoms with Crippen LogP contribution in [0.15, 0.2) is 77.8 Å². The summed E-state index contributed by atoms with van der Waals surface area (Å²) in [4.78, 5) is 22.4. The summed E-state index contributed by atoms with van der Waals surface area (Å²) >= 11 is 1.41. The molecule has 5 nitrogen and oxygen atoms in total. The smallest absolute Gasteiger partial charge is 0.234 e. The van der Waals surface area contributed by atoms with Crippen LogP contribution in [0.5, 0.6) is 5.75 Å². The average Bonchev–Trinajstić information content (AvgIpc) is 2.83. The molecule has 0 saturated heterocycles. The molecule has 1 amide bonds. The van der Waals surface area contributed by atoms with E-state index >= 15 is 0 Å². The summed E-state index contributed by atoms with van der Waals surface area (Å²) in [6, 6.07) is 23.6. The second-order valence-corrected chi connectivity index (χ2v) is 8.26. The first-order chi connectivity index (χ1) is 15.7. The fourth-order valence-electron chi connectivity index (χ4n) is 3.55. The zero-order valence-corrected chi connectivity index (χ0v) is 19.0. The molecule has 1 heterocycles. The predicted octanol–water partition coefficient (Wildman–Crippen LogP) is 5.52. The second kappa shape index (κ2) is 10.3. The highest BCUT2D eigenvalue weighted by molar-refractivity contribution is 8.00. The summed E-state index contributed by atoms with van der Waals surface area (Å²) in [5.41, 5.74) is 5.49. The van der Waals surface area contributed by atoms with Crippen LogP contribution in [0.1, 0.15) is 23.7 Å². The Kier molecular flexibility index (Phi) is 7.02. The number of ether oxygens (including phenoxy) is 1. The largest absolute Gasteiger partial charge is 0.496 e. The van der Waals surface area contributed by atoms with Crippen LogP contribution in [0.3, 0.4) is 0 Å². The van der Waals surface area contributed by atoms with Crippen molar-refractivity contribution in [1.82, 2.24) is 9.97 Å². The summed E-state index contributed by atoms with van der Waals surface area (Å²) in [5.74, 6) is 1.01. The van der Waals surface area contributed by atoms with Gasteiger partial charge in [0.05, 0.1) is 29.6 Å². The minimum Gasteiger partial charge on any atom is -0.496 e. The lowest BCUT2D eigenvalue weighted by Gasteiger charge is -2.13. The highest BCUT2D eigenvalue weighted by atomic mass is 32.2. The molecule has 1 N–H and O–H groups in total. The molecule has 0 unspecified atom stereocenters. The minimum atomic E-state index is -0.0610. The van der Waals surface area contributed by atoms with Gasteiger partial charge in [0.1, 0.15) is 10.8 Å². The molecule has 0 atom stereocenters. The normalized spacial score (nSPS) is 10.8. The van der Waals surface area contributed by atoms with Crippen molar-refractivity contribution in [3.05, 3.63) is 89.6 Å². The number of hydrogen-bond acceptors (Lipinski definition) is 5. The molecule has 0 fully saturated rings. The molecule has 32 heavy (non-hydrogen) atoms. The van der Waals surface area contributed by atoms with E-state index in [-0.39, 0.29) is 11.7 Å². The number of anilines is 1. The molecule has 0 bridgehead atoms. The average molecular weight is 444 g/mol. The molecular formula is C26H25N3O2S. The van der Waals surface area contributed by atoms with Crippen LogP contribution < -0.4 is 10.1 Å². The van der Waals surface area contributed by atoms with Gasteiger partial charge in [-0.05, 0) is 36.2 Å². The van der Waals surface area contributed by atoms with E-state index in [1.807, 2.05) is 72.8 Å². The van der Waals surface area contributed by atoms with Crippen molar-refractivity contribution >= 4 is 34.4 Å². The van der Waals surface area contributed by atoms with Crippen molar-refractivity contribution in [3.63, 3.8) is 0 Å². The molecule has 6 heteroatoms. The quantitative estimate of drug-likeness (QED) is 0.363. The van der Waals surface area contributed by atoms with Crippen molar-refractivity contribution in [2.24, 2.45) is 0 Å². The lowest BCUT2D eigenvalue weighted by Crippen LogP contribution is -2.15. The number of benzene rings is 3. The zero-order chi connectivity index (χ0) is 22.3. The molecule has 0 saturated carbocycles. The first kappa shape index (κ1) is 21.8. The molecule has 162 valence electrons. The molecule has 0 spiro atoms. The van der Waals surface area contributed by atoms with Crippen molar-refractivity contribution in [1.29, 1.82) is 0 Å². The van der Waals surface area contributed by atoms with E-state index in [2.05, 4.69) is 12.2 Å².